The molecule has 0 bridgehead atoms. The number of carbonyl (C=O) groups is 1. The third-order valence-corrected chi connectivity index (χ3v) is 21.4. The summed E-state index contributed by atoms with van der Waals surface area (Å²) in [6, 6.07) is 28.4. The lowest BCUT2D eigenvalue weighted by Crippen LogP contribution is -2.30. The summed E-state index contributed by atoms with van der Waals surface area (Å²) in [6.45, 7) is 73.7. The number of nitrogens with one attached hydrogen (secondary N) is 1. The van der Waals surface area contributed by atoms with Gasteiger partial charge in [-0.3, -0.25) is 29.7 Å². The molecule has 1 amide bonds. The van der Waals surface area contributed by atoms with Crippen molar-refractivity contribution in [3.05, 3.63) is 312 Å². The largest absolute Gasteiger partial charge is 0.449 e. The highest BCUT2D eigenvalue weighted by Gasteiger charge is 2.29. The first-order chi connectivity index (χ1) is 61.4. The van der Waals surface area contributed by atoms with E-state index < -0.39 is 0 Å². The quantitative estimate of drug-likeness (QED) is 0.106. The number of carbonyl (C=O) groups excluding carboxylic acids is 1. The van der Waals surface area contributed by atoms with Crippen molar-refractivity contribution in [3.8, 4) is 0 Å². The van der Waals surface area contributed by atoms with E-state index in [4.69, 9.17) is 13.3 Å². The molecule has 0 atom stereocenters. The summed E-state index contributed by atoms with van der Waals surface area (Å²) in [4.78, 5) is 71.8. The summed E-state index contributed by atoms with van der Waals surface area (Å²) in [7, 11) is 0. The number of hydrogen-bond acceptors (Lipinski definition) is 24. The summed E-state index contributed by atoms with van der Waals surface area (Å²) in [5.41, 5.74) is 13.2. The van der Waals surface area contributed by atoms with Crippen molar-refractivity contribution in [3.63, 3.8) is 0 Å². The van der Waals surface area contributed by atoms with Gasteiger partial charge in [-0.25, -0.2) is 39.9 Å². The predicted molar refractivity (Wildman–Crippen MR) is 539 cm³/mol. The van der Waals surface area contributed by atoms with E-state index in [1.54, 1.807) is 108 Å². The van der Waals surface area contributed by atoms with Crippen molar-refractivity contribution >= 4 is 39.9 Å². The Bertz CT molecular complexity index is 4360. The fraction of sp³-hybridized carbons (Fsp3) is 0.481. The number of imidazole rings is 1. The second-order valence-corrected chi connectivity index (χ2v) is 38.3. The van der Waals surface area contributed by atoms with Crippen molar-refractivity contribution in [2.24, 2.45) is 0 Å². The molecule has 0 aliphatic carbocycles. The van der Waals surface area contributed by atoms with Crippen LogP contribution in [-0.2, 0) is 6.54 Å². The molecule has 130 heavy (non-hydrogen) atoms. The van der Waals surface area contributed by atoms with E-state index >= 15 is 0 Å². The van der Waals surface area contributed by atoms with Crippen LogP contribution in [0.25, 0.3) is 0 Å². The standard InChI is InChI=1S/C10H12N2O.C9H12.2C8H11N.C7H12N2.2C7H10N2.3C7H11NO.3C7H11NS.C6H9N3/c1-7(2)12-6-9-8(10(12)13)4-3-5-11-9;1-8(2)9-6-4-3-5-7-9;1-7(2)8-4-3-5-9-6-8;1-7(2)8-5-3-4-6-9-8;1-5(2)7-4-8-6(3)9-7;1-6(2)7-5-8-3-4-9-7;1-6(2)7-4-3-5-8-9-7;1-5(2)7-4-9-6(3)8-7;1-5(2)7-8-6(3)4-9-7;1-5(2)7-8-4-6(3)9-7;1-5(2)7-4-9-6(3)8-7;1-5(2)7-8-6(3)4-9-7;1-5(2)7-8-4-6(3)9-7;1-5(2)6-7-3-4-8-9-6/h3-5,7H,6H2,1-2H3;3-8H,1-2H3;2*3-7H,1-2H3;4-5H,1-3H3,(H,8,9);2*3-6H,1-2H3;6*4-5H,1-3H3;3-5H,1-2H3. The Morgan fingerprint density at radius 1 is 0.377 bits per heavy atom. The number of aromatic nitrogens is 18. The lowest BCUT2D eigenvalue weighted by Gasteiger charge is -2.19. The van der Waals surface area contributed by atoms with Crippen molar-refractivity contribution in [2.45, 2.75) is 332 Å². The second kappa shape index (κ2) is 63.9. The Morgan fingerprint density at radius 3 is 1.26 bits per heavy atom. The number of oxazole rings is 3. The Kier molecular flexibility index (Phi) is 56.6. The molecule has 0 radical (unpaired) electrons. The highest BCUT2D eigenvalue weighted by molar-refractivity contribution is 7.11. The van der Waals surface area contributed by atoms with Gasteiger partial charge in [-0.2, -0.15) is 15.3 Å². The molecule has 14 aromatic rings. The van der Waals surface area contributed by atoms with Gasteiger partial charge in [0, 0.05) is 143 Å². The number of thiazole rings is 3. The maximum absolute atomic E-state index is 11.7. The molecule has 23 nitrogen and oxygen atoms in total. The molecule has 0 spiro atoms. The van der Waals surface area contributed by atoms with Crippen LogP contribution < -0.4 is 0 Å². The normalized spacial score (nSPS) is 10.9. The minimum atomic E-state index is 0.109. The molecule has 0 saturated carbocycles. The van der Waals surface area contributed by atoms with Crippen molar-refractivity contribution in [1.29, 1.82) is 0 Å². The fourth-order valence-corrected chi connectivity index (χ4v) is 12.5. The van der Waals surface area contributed by atoms with Crippen LogP contribution in [0.3, 0.4) is 0 Å². The number of pyridine rings is 3. The summed E-state index contributed by atoms with van der Waals surface area (Å²) < 4.78 is 15.4. The Morgan fingerprint density at radius 2 is 0.954 bits per heavy atom. The molecule has 1 aromatic carbocycles. The van der Waals surface area contributed by atoms with E-state index in [2.05, 4.69) is 304 Å². The van der Waals surface area contributed by atoms with Gasteiger partial charge in [-0.1, -0.05) is 222 Å². The summed E-state index contributed by atoms with van der Waals surface area (Å²) in [6.07, 6.45) is 26.3. The molecule has 15 rings (SSSR count). The van der Waals surface area contributed by atoms with Crippen LogP contribution in [0.15, 0.2) is 202 Å². The Balaban J connectivity index is 0.000000474. The number of aromatic amines is 1. The van der Waals surface area contributed by atoms with Crippen molar-refractivity contribution < 1.29 is 18.0 Å². The SMILES string of the molecule is CC(C)N1Cc2ncccc2C1=O.CC(C)c1ccccc1.CC(C)c1ccccn1.CC(C)c1cccnc1.CC(C)c1cccnn1.CC(C)c1cnccn1.CC(C)c1nccnn1.Cc1cnc(C(C)C)o1.Cc1cnc(C(C)C)s1.Cc1coc(C(C)C)n1.Cc1csc(C(C)C)n1.Cc1nc(C(C)C)co1.Cc1nc(C(C)C)cs1.Cc1ncc(C(C)C)[nH]1. The van der Waals surface area contributed by atoms with Crippen LogP contribution in [0.2, 0.25) is 0 Å². The third-order valence-electron chi connectivity index (χ3n) is 18.1. The molecule has 0 saturated heterocycles. The number of hydrogen-bond donors (Lipinski definition) is 1. The van der Waals surface area contributed by atoms with Gasteiger partial charge in [0.05, 0.1) is 73.7 Å². The van der Waals surface area contributed by atoms with Gasteiger partial charge in [0.25, 0.3) is 5.91 Å². The smallest absolute Gasteiger partial charge is 0.256 e. The second-order valence-electron chi connectivity index (χ2n) is 35.0. The average molecular weight is 1830 g/mol. The molecule has 1 aliphatic heterocycles. The zero-order valence-corrected chi connectivity index (χ0v) is 87.0. The van der Waals surface area contributed by atoms with Gasteiger partial charge in [0.15, 0.2) is 23.5 Å². The number of aryl methyl sites for hydroxylation is 7. The van der Waals surface area contributed by atoms with E-state index in [1.807, 2.05) is 147 Å². The zero-order chi connectivity index (χ0) is 97.5. The van der Waals surface area contributed by atoms with Gasteiger partial charge in [-0.05, 0) is 156 Å². The number of amides is 1. The number of fused-ring (bicyclic) bond motifs is 1. The minimum Gasteiger partial charge on any atom is -0.449 e. The zero-order valence-electron chi connectivity index (χ0n) is 84.6. The van der Waals surface area contributed by atoms with Crippen LogP contribution >= 0.6 is 34.0 Å². The van der Waals surface area contributed by atoms with E-state index in [0.29, 0.717) is 83.5 Å². The lowest BCUT2D eigenvalue weighted by atomic mass is 10.0. The molecule has 26 heteroatoms. The highest BCUT2D eigenvalue weighted by atomic mass is 32.1. The topological polar surface area (TPSA) is 295 Å². The van der Waals surface area contributed by atoms with Crippen LogP contribution in [0, 0.1) is 48.5 Å². The van der Waals surface area contributed by atoms with E-state index in [9.17, 15) is 4.79 Å². The van der Waals surface area contributed by atoms with Crippen LogP contribution in [0.5, 0.6) is 0 Å². The Labute approximate surface area is 791 Å². The van der Waals surface area contributed by atoms with Gasteiger partial charge >= 0.3 is 0 Å². The first-order valence-electron chi connectivity index (χ1n) is 45.2. The molecule has 1 aliphatic rings. The van der Waals surface area contributed by atoms with Gasteiger partial charge in [0.2, 0.25) is 0 Å². The van der Waals surface area contributed by atoms with Gasteiger partial charge in [-0.15, -0.1) is 39.1 Å². The fourth-order valence-electron chi connectivity index (χ4n) is 10.2. The summed E-state index contributed by atoms with van der Waals surface area (Å²) >= 11 is 5.25. The molecular formula is C104H153N19O4S3. The summed E-state index contributed by atoms with van der Waals surface area (Å²) in [5.74, 6) is 11.9. The van der Waals surface area contributed by atoms with Crippen LogP contribution in [-0.4, -0.2) is 107 Å². The maximum Gasteiger partial charge on any atom is 0.256 e. The molecule has 13 aromatic heterocycles. The molecule has 0 fully saturated rings. The number of rotatable bonds is 14. The van der Waals surface area contributed by atoms with Crippen LogP contribution in [0.1, 0.15) is 399 Å². The third kappa shape index (κ3) is 49.2. The molecule has 14 heterocycles. The number of benzene rings is 1. The van der Waals surface area contributed by atoms with E-state index in [0.717, 1.165) is 80.5 Å². The predicted octanol–water partition coefficient (Wildman–Crippen LogP) is 28.7. The number of H-pyrrole nitrogens is 1. The molecule has 706 valence electrons. The monoisotopic (exact) mass is 1830 g/mol. The Hall–Kier alpha value is -11.0. The molecule has 0 unspecified atom stereocenters. The first-order valence-corrected chi connectivity index (χ1v) is 47.8. The van der Waals surface area contributed by atoms with Crippen molar-refractivity contribution in [1.82, 2.24) is 95.1 Å². The van der Waals surface area contributed by atoms with E-state index in [-0.39, 0.29) is 11.9 Å². The first kappa shape index (κ1) is 115. The molecular weight excluding hydrogens is 1680 g/mol. The minimum absolute atomic E-state index is 0.109. The van der Waals surface area contributed by atoms with Crippen LogP contribution in [0.4, 0.5) is 0 Å². The van der Waals surface area contributed by atoms with Crippen molar-refractivity contribution in [2.75, 3.05) is 0 Å². The van der Waals surface area contributed by atoms with E-state index in [1.165, 1.54) is 42.4 Å². The number of nitrogens with zero attached hydrogens (tertiary/aromatic N) is 18. The maximum atomic E-state index is 11.7. The highest BCUT2D eigenvalue weighted by Crippen LogP contribution is 2.25. The summed E-state index contributed by atoms with van der Waals surface area (Å²) in [5, 5.41) is 23.1. The average Bonchev–Trinajstić information content (AvgIpc) is 1.66. The molecule has 1 N–H and O–H groups in total. The lowest BCUT2D eigenvalue weighted by molar-refractivity contribution is 0.0730. The van der Waals surface area contributed by atoms with Gasteiger partial charge in [0.1, 0.15) is 24.1 Å². The van der Waals surface area contributed by atoms with Gasteiger partial charge < -0.3 is 23.1 Å².